The predicted molar refractivity (Wildman–Crippen MR) is 96.8 cm³/mol. The highest BCUT2D eigenvalue weighted by Crippen LogP contribution is 2.29. The minimum atomic E-state index is -0.649. The number of phenolic OH excluding ortho intramolecular Hbond substituents is 1. The Balaban J connectivity index is 1.80. The number of non-ortho nitro benzene ring substituents is 1. The molecule has 3 N–H and O–H groups in total. The van der Waals surface area contributed by atoms with Crippen molar-refractivity contribution < 1.29 is 14.8 Å². The lowest BCUT2D eigenvalue weighted by Gasteiger charge is -2.05. The van der Waals surface area contributed by atoms with E-state index in [9.17, 15) is 20.0 Å². The highest BCUT2D eigenvalue weighted by molar-refractivity contribution is 6.42. The fraction of sp³-hybridized carbons (Fsp3) is 0. The lowest BCUT2D eigenvalue weighted by Crippen LogP contribution is -2.12. The lowest BCUT2D eigenvalue weighted by molar-refractivity contribution is -0.384. The van der Waals surface area contributed by atoms with Crippen LogP contribution in [0.25, 0.3) is 11.3 Å². The van der Waals surface area contributed by atoms with E-state index < -0.39 is 16.6 Å². The zero-order valence-corrected chi connectivity index (χ0v) is 14.4. The van der Waals surface area contributed by atoms with Crippen LogP contribution in [-0.4, -0.2) is 26.1 Å². The Labute approximate surface area is 156 Å². The Morgan fingerprint density at radius 3 is 2.58 bits per heavy atom. The molecule has 2 aromatic carbocycles. The fourth-order valence-corrected chi connectivity index (χ4v) is 2.47. The molecule has 0 aliphatic heterocycles. The Morgan fingerprint density at radius 1 is 1.15 bits per heavy atom. The molecule has 0 aliphatic rings. The molecule has 8 nitrogen and oxygen atoms in total. The van der Waals surface area contributed by atoms with Gasteiger partial charge in [0.05, 0.1) is 32.4 Å². The molecule has 0 fully saturated rings. The summed E-state index contributed by atoms with van der Waals surface area (Å²) in [4.78, 5) is 22.3. The van der Waals surface area contributed by atoms with E-state index in [1.54, 1.807) is 18.2 Å². The quantitative estimate of drug-likeness (QED) is 0.348. The maximum absolute atomic E-state index is 12.3. The van der Waals surface area contributed by atoms with Crippen molar-refractivity contribution in [3.05, 3.63) is 68.3 Å². The summed E-state index contributed by atoms with van der Waals surface area (Å²) in [7, 11) is 0. The van der Waals surface area contributed by atoms with Crippen LogP contribution in [0.3, 0.4) is 0 Å². The van der Waals surface area contributed by atoms with E-state index in [1.807, 2.05) is 0 Å². The van der Waals surface area contributed by atoms with Crippen molar-refractivity contribution in [2.24, 2.45) is 0 Å². The summed E-state index contributed by atoms with van der Waals surface area (Å²) >= 11 is 11.8. The molecule has 0 saturated heterocycles. The van der Waals surface area contributed by atoms with Crippen molar-refractivity contribution in [3.63, 3.8) is 0 Å². The number of hydrogen-bond donors (Lipinski definition) is 3. The zero-order chi connectivity index (χ0) is 18.8. The number of benzene rings is 2. The molecule has 26 heavy (non-hydrogen) atoms. The van der Waals surface area contributed by atoms with Crippen LogP contribution >= 0.6 is 23.2 Å². The molecule has 0 bridgehead atoms. The van der Waals surface area contributed by atoms with Crippen LogP contribution in [-0.2, 0) is 0 Å². The van der Waals surface area contributed by atoms with Gasteiger partial charge in [-0.15, -0.1) is 0 Å². The number of hydrogen-bond acceptors (Lipinski definition) is 5. The van der Waals surface area contributed by atoms with Gasteiger partial charge in [0.25, 0.3) is 11.6 Å². The number of aromatic amines is 1. The van der Waals surface area contributed by atoms with Gasteiger partial charge in [-0.05, 0) is 24.3 Å². The highest BCUT2D eigenvalue weighted by atomic mass is 35.5. The van der Waals surface area contributed by atoms with Gasteiger partial charge in [-0.2, -0.15) is 5.10 Å². The molecular formula is C16H10Cl2N4O4. The minimum Gasteiger partial charge on any atom is -0.506 e. The third kappa shape index (κ3) is 3.61. The third-order valence-electron chi connectivity index (χ3n) is 3.48. The topological polar surface area (TPSA) is 121 Å². The van der Waals surface area contributed by atoms with Crippen LogP contribution in [0.2, 0.25) is 10.0 Å². The Hall–Kier alpha value is -3.10. The first-order chi connectivity index (χ1) is 12.3. The number of nitrogens with zero attached hydrogens (tertiary/aromatic N) is 2. The standard InChI is InChI=1S/C16H10Cl2N4O4/c17-10-3-1-8(5-11(10)18)13-7-14(21-20-13)16(24)19-12-4-2-9(22(25)26)6-15(12)23/h1-7,23H,(H,19,24)(H,20,21). The number of nitrogens with one attached hydrogen (secondary N) is 2. The normalized spacial score (nSPS) is 10.5. The summed E-state index contributed by atoms with van der Waals surface area (Å²) in [6.45, 7) is 0. The predicted octanol–water partition coefficient (Wildman–Crippen LogP) is 4.25. The third-order valence-corrected chi connectivity index (χ3v) is 4.22. The van der Waals surface area contributed by atoms with Gasteiger partial charge in [0.15, 0.2) is 0 Å². The van der Waals surface area contributed by atoms with Gasteiger partial charge in [-0.3, -0.25) is 20.0 Å². The van der Waals surface area contributed by atoms with E-state index in [4.69, 9.17) is 23.2 Å². The van der Waals surface area contributed by atoms with E-state index in [0.29, 0.717) is 21.3 Å². The number of aromatic nitrogens is 2. The molecule has 0 saturated carbocycles. The van der Waals surface area contributed by atoms with Crippen molar-refractivity contribution in [3.8, 4) is 17.0 Å². The molecule has 3 rings (SSSR count). The molecule has 132 valence electrons. The molecule has 1 heterocycles. The molecule has 0 atom stereocenters. The van der Waals surface area contributed by atoms with Crippen LogP contribution in [0.4, 0.5) is 11.4 Å². The molecule has 0 unspecified atom stereocenters. The number of anilines is 1. The van der Waals surface area contributed by atoms with Crippen LogP contribution in [0, 0.1) is 10.1 Å². The average molecular weight is 393 g/mol. The monoisotopic (exact) mass is 392 g/mol. The Morgan fingerprint density at radius 2 is 1.92 bits per heavy atom. The molecule has 10 heteroatoms. The maximum atomic E-state index is 12.3. The van der Waals surface area contributed by atoms with Crippen LogP contribution in [0.1, 0.15) is 10.5 Å². The molecule has 1 amide bonds. The van der Waals surface area contributed by atoms with Gasteiger partial charge in [-0.25, -0.2) is 0 Å². The number of phenols is 1. The number of carbonyl (C=O) groups is 1. The second-order valence-corrected chi connectivity index (χ2v) is 6.02. The first-order valence-corrected chi connectivity index (χ1v) is 7.90. The van der Waals surface area contributed by atoms with E-state index in [2.05, 4.69) is 15.5 Å². The molecule has 0 radical (unpaired) electrons. The first-order valence-electron chi connectivity index (χ1n) is 7.15. The van der Waals surface area contributed by atoms with E-state index in [0.717, 1.165) is 6.07 Å². The summed E-state index contributed by atoms with van der Waals surface area (Å²) in [5.74, 6) is -0.996. The lowest BCUT2D eigenvalue weighted by atomic mass is 10.1. The second kappa shape index (κ2) is 7.03. The Bertz CT molecular complexity index is 1020. The summed E-state index contributed by atoms with van der Waals surface area (Å²) in [6, 6.07) is 9.78. The number of H-pyrrole nitrogens is 1. The van der Waals surface area contributed by atoms with Gasteiger partial charge in [0.2, 0.25) is 0 Å². The molecule has 1 aromatic heterocycles. The SMILES string of the molecule is O=C(Nc1ccc([N+](=O)[O-])cc1O)c1cc(-c2ccc(Cl)c(Cl)c2)n[nH]1. The van der Waals surface area contributed by atoms with Crippen molar-refractivity contribution >= 4 is 40.5 Å². The first kappa shape index (κ1) is 17.7. The largest absolute Gasteiger partial charge is 0.506 e. The highest BCUT2D eigenvalue weighted by Gasteiger charge is 2.15. The summed E-state index contributed by atoms with van der Waals surface area (Å²) in [5, 5.41) is 30.3. The van der Waals surface area contributed by atoms with Crippen LogP contribution in [0.15, 0.2) is 42.5 Å². The van der Waals surface area contributed by atoms with Gasteiger partial charge in [-0.1, -0.05) is 29.3 Å². The number of nitro benzene ring substituents is 1. The van der Waals surface area contributed by atoms with Crippen molar-refractivity contribution in [2.75, 3.05) is 5.32 Å². The number of halogens is 2. The van der Waals surface area contributed by atoms with Crippen molar-refractivity contribution in [1.29, 1.82) is 0 Å². The number of amides is 1. The van der Waals surface area contributed by atoms with Gasteiger partial charge < -0.3 is 10.4 Å². The van der Waals surface area contributed by atoms with Crippen LogP contribution in [0.5, 0.6) is 5.75 Å². The van der Waals surface area contributed by atoms with Crippen molar-refractivity contribution in [2.45, 2.75) is 0 Å². The van der Waals surface area contributed by atoms with Gasteiger partial charge in [0.1, 0.15) is 11.4 Å². The molecule has 3 aromatic rings. The van der Waals surface area contributed by atoms with Crippen molar-refractivity contribution in [1.82, 2.24) is 10.2 Å². The van der Waals surface area contributed by atoms with E-state index in [1.165, 1.54) is 18.2 Å². The number of nitro groups is 1. The minimum absolute atomic E-state index is 0.0336. The molecule has 0 spiro atoms. The number of carbonyl (C=O) groups excluding carboxylic acids is 1. The van der Waals surface area contributed by atoms with Crippen LogP contribution < -0.4 is 5.32 Å². The fourth-order valence-electron chi connectivity index (χ4n) is 2.17. The summed E-state index contributed by atoms with van der Waals surface area (Å²) in [5.41, 5.74) is 1.01. The molecule has 0 aliphatic carbocycles. The Kier molecular flexibility index (Phi) is 4.79. The average Bonchev–Trinajstić information content (AvgIpc) is 3.09. The smallest absolute Gasteiger partial charge is 0.273 e. The zero-order valence-electron chi connectivity index (χ0n) is 12.9. The summed E-state index contributed by atoms with van der Waals surface area (Å²) < 4.78 is 0. The molecular weight excluding hydrogens is 383 g/mol. The maximum Gasteiger partial charge on any atom is 0.273 e. The number of aromatic hydroxyl groups is 1. The van der Waals surface area contributed by atoms with E-state index >= 15 is 0 Å². The number of rotatable bonds is 4. The van der Waals surface area contributed by atoms with Gasteiger partial charge >= 0.3 is 0 Å². The van der Waals surface area contributed by atoms with E-state index in [-0.39, 0.29) is 17.1 Å². The summed E-state index contributed by atoms with van der Waals surface area (Å²) in [6.07, 6.45) is 0. The second-order valence-electron chi connectivity index (χ2n) is 5.21. The van der Waals surface area contributed by atoms with Gasteiger partial charge in [0, 0.05) is 11.6 Å².